The van der Waals surface area contributed by atoms with Crippen LogP contribution in [0.1, 0.15) is 86.7 Å². The summed E-state index contributed by atoms with van der Waals surface area (Å²) in [6.45, 7) is 4.45. The van der Waals surface area contributed by atoms with Crippen LogP contribution in [0.4, 0.5) is 0 Å². The first-order valence-electron chi connectivity index (χ1n) is 11.3. The zero-order valence-corrected chi connectivity index (χ0v) is 18.3. The highest BCUT2D eigenvalue weighted by molar-refractivity contribution is 5.99. The number of carbonyl (C=O) groups is 2. The number of hydrogen-bond acceptors (Lipinski definition) is 4. The molecule has 2 fully saturated rings. The molecule has 1 saturated carbocycles. The van der Waals surface area contributed by atoms with Gasteiger partial charge in [-0.15, -0.1) is 0 Å². The van der Waals surface area contributed by atoms with Gasteiger partial charge in [0.1, 0.15) is 5.54 Å². The van der Waals surface area contributed by atoms with Gasteiger partial charge in [-0.1, -0.05) is 44.7 Å². The van der Waals surface area contributed by atoms with E-state index < -0.39 is 5.54 Å². The van der Waals surface area contributed by atoms with E-state index in [0.29, 0.717) is 24.4 Å². The van der Waals surface area contributed by atoms with E-state index in [9.17, 15) is 9.59 Å². The molecule has 2 amide bonds. The van der Waals surface area contributed by atoms with Crippen molar-refractivity contribution < 1.29 is 9.59 Å². The van der Waals surface area contributed by atoms with E-state index >= 15 is 0 Å². The smallest absolute Gasteiger partial charge is 0.261 e. The van der Waals surface area contributed by atoms with Crippen molar-refractivity contribution in [1.82, 2.24) is 15.1 Å². The van der Waals surface area contributed by atoms with Gasteiger partial charge in [0.25, 0.3) is 11.8 Å². The van der Waals surface area contributed by atoms with Gasteiger partial charge in [-0.25, -0.2) is 0 Å². The van der Waals surface area contributed by atoms with Gasteiger partial charge < -0.3 is 5.32 Å². The standard InChI is InChI=1S/C24H34N4O2/c1-3-16-28-17-8-5-9-21(28)19-10-12-20(13-11-19)22(29)26-24(14-6-4-7-15-24)23(30)27(2)18-25/h10-13,21H,3-9,14-17H2,1-2H3,(H,26,29). The van der Waals surface area contributed by atoms with Crippen molar-refractivity contribution in [1.29, 1.82) is 5.26 Å². The minimum absolute atomic E-state index is 0.239. The first kappa shape index (κ1) is 22.3. The second kappa shape index (κ2) is 10.1. The Morgan fingerprint density at radius 2 is 1.87 bits per heavy atom. The average molecular weight is 411 g/mol. The summed E-state index contributed by atoms with van der Waals surface area (Å²) in [6, 6.07) is 8.29. The predicted octanol–water partition coefficient (Wildman–Crippen LogP) is 4.00. The zero-order chi connectivity index (χ0) is 21.6. The first-order chi connectivity index (χ1) is 14.5. The van der Waals surface area contributed by atoms with Crippen molar-refractivity contribution in [2.45, 2.75) is 76.3 Å². The van der Waals surface area contributed by atoms with E-state index in [1.54, 1.807) is 0 Å². The summed E-state index contributed by atoms with van der Waals surface area (Å²) in [5.41, 5.74) is 0.848. The van der Waals surface area contributed by atoms with Gasteiger partial charge >= 0.3 is 0 Å². The minimum atomic E-state index is -0.972. The molecule has 1 heterocycles. The fourth-order valence-corrected chi connectivity index (χ4v) is 4.98. The molecule has 3 rings (SSSR count). The van der Waals surface area contributed by atoms with Gasteiger partial charge in [0, 0.05) is 18.7 Å². The van der Waals surface area contributed by atoms with Crippen LogP contribution in [-0.2, 0) is 4.79 Å². The van der Waals surface area contributed by atoms with Gasteiger partial charge in [-0.2, -0.15) is 5.26 Å². The Hall–Kier alpha value is -2.39. The maximum Gasteiger partial charge on any atom is 0.261 e. The number of hydrogen-bond donors (Lipinski definition) is 1. The molecule has 162 valence electrons. The minimum Gasteiger partial charge on any atom is -0.338 e. The van der Waals surface area contributed by atoms with Crippen LogP contribution in [0.3, 0.4) is 0 Å². The largest absolute Gasteiger partial charge is 0.338 e. The monoisotopic (exact) mass is 410 g/mol. The van der Waals surface area contributed by atoms with E-state index in [0.717, 1.165) is 50.1 Å². The summed E-state index contributed by atoms with van der Waals surface area (Å²) < 4.78 is 0. The summed E-state index contributed by atoms with van der Waals surface area (Å²) >= 11 is 0. The molecule has 2 aliphatic rings. The molecule has 0 aromatic heterocycles. The third kappa shape index (κ3) is 4.84. The second-order valence-electron chi connectivity index (χ2n) is 8.73. The van der Waals surface area contributed by atoms with Gasteiger partial charge in [0.2, 0.25) is 0 Å². The number of carbonyl (C=O) groups excluding carboxylic acids is 2. The molecule has 0 radical (unpaired) electrons. The zero-order valence-electron chi connectivity index (χ0n) is 18.3. The van der Waals surface area contributed by atoms with E-state index in [4.69, 9.17) is 5.26 Å². The van der Waals surface area contributed by atoms with E-state index in [-0.39, 0.29) is 11.8 Å². The van der Waals surface area contributed by atoms with Gasteiger partial charge in [0.05, 0.1) is 0 Å². The summed E-state index contributed by atoms with van der Waals surface area (Å²) in [7, 11) is 1.46. The maximum atomic E-state index is 13.0. The predicted molar refractivity (Wildman–Crippen MR) is 117 cm³/mol. The van der Waals surface area contributed by atoms with Crippen LogP contribution in [0.2, 0.25) is 0 Å². The maximum absolute atomic E-state index is 13.0. The third-order valence-corrected chi connectivity index (χ3v) is 6.61. The Morgan fingerprint density at radius 3 is 2.50 bits per heavy atom. The molecule has 1 aromatic rings. The number of nitriles is 1. The van der Waals surface area contributed by atoms with Crippen molar-refractivity contribution in [2.75, 3.05) is 20.1 Å². The van der Waals surface area contributed by atoms with E-state index in [1.807, 2.05) is 18.3 Å². The van der Waals surface area contributed by atoms with Crippen LogP contribution in [0, 0.1) is 11.5 Å². The highest BCUT2D eigenvalue weighted by Crippen LogP contribution is 2.32. The fraction of sp³-hybridized carbons (Fsp3) is 0.625. The topological polar surface area (TPSA) is 76.4 Å². The molecule has 1 aliphatic heterocycles. The molecule has 1 unspecified atom stereocenters. The molecule has 1 N–H and O–H groups in total. The van der Waals surface area contributed by atoms with Crippen molar-refractivity contribution in [3.63, 3.8) is 0 Å². The Bertz CT molecular complexity index is 775. The van der Waals surface area contributed by atoms with Crippen molar-refractivity contribution >= 4 is 11.8 Å². The number of rotatable bonds is 6. The van der Waals surface area contributed by atoms with Crippen LogP contribution in [0.15, 0.2) is 24.3 Å². The summed E-state index contributed by atoms with van der Waals surface area (Å²) in [5.74, 6) is -0.552. The van der Waals surface area contributed by atoms with Gasteiger partial charge in [0.15, 0.2) is 6.19 Å². The number of piperidine rings is 1. The Labute approximate surface area is 180 Å². The highest BCUT2D eigenvalue weighted by Gasteiger charge is 2.43. The number of nitrogens with one attached hydrogen (secondary N) is 1. The molecule has 1 atom stereocenters. The van der Waals surface area contributed by atoms with Crippen molar-refractivity contribution in [2.24, 2.45) is 0 Å². The lowest BCUT2D eigenvalue weighted by Crippen LogP contribution is -2.59. The molecule has 0 spiro atoms. The molecule has 6 heteroatoms. The number of amides is 2. The van der Waals surface area contributed by atoms with Crippen LogP contribution >= 0.6 is 0 Å². The molecule has 30 heavy (non-hydrogen) atoms. The normalized spacial score (nSPS) is 21.4. The Morgan fingerprint density at radius 1 is 1.17 bits per heavy atom. The lowest BCUT2D eigenvalue weighted by atomic mass is 9.80. The molecule has 1 aromatic carbocycles. The highest BCUT2D eigenvalue weighted by atomic mass is 16.2. The number of benzene rings is 1. The summed E-state index contributed by atoms with van der Waals surface area (Å²) in [6.07, 6.45) is 10.6. The van der Waals surface area contributed by atoms with Crippen LogP contribution in [0.5, 0.6) is 0 Å². The van der Waals surface area contributed by atoms with Gasteiger partial charge in [-0.05, 0) is 62.9 Å². The second-order valence-corrected chi connectivity index (χ2v) is 8.73. The average Bonchev–Trinajstić information content (AvgIpc) is 2.79. The SMILES string of the molecule is CCCN1CCCCC1c1ccc(C(=O)NC2(C(=O)N(C)C#N)CCCCC2)cc1. The van der Waals surface area contributed by atoms with Crippen LogP contribution in [-0.4, -0.2) is 47.3 Å². The number of likely N-dealkylation sites (N-methyl/N-ethyl adjacent to an activating group) is 1. The number of likely N-dealkylation sites (tertiary alicyclic amines) is 1. The van der Waals surface area contributed by atoms with Crippen LogP contribution in [0.25, 0.3) is 0 Å². The lowest BCUT2D eigenvalue weighted by Gasteiger charge is -2.37. The summed E-state index contributed by atoms with van der Waals surface area (Å²) in [5, 5.41) is 12.2. The third-order valence-electron chi connectivity index (χ3n) is 6.61. The van der Waals surface area contributed by atoms with E-state index in [2.05, 4.69) is 29.3 Å². The van der Waals surface area contributed by atoms with E-state index in [1.165, 1.54) is 25.5 Å². The molecular weight excluding hydrogens is 376 g/mol. The molecular formula is C24H34N4O2. The lowest BCUT2D eigenvalue weighted by molar-refractivity contribution is -0.135. The molecule has 1 aliphatic carbocycles. The summed E-state index contributed by atoms with van der Waals surface area (Å²) in [4.78, 5) is 29.5. The quantitative estimate of drug-likeness (QED) is 0.568. The molecule has 0 bridgehead atoms. The van der Waals surface area contributed by atoms with Gasteiger partial charge in [-0.3, -0.25) is 19.4 Å². The number of nitrogens with zero attached hydrogens (tertiary/aromatic N) is 3. The molecule has 6 nitrogen and oxygen atoms in total. The van der Waals surface area contributed by atoms with Crippen molar-refractivity contribution in [3.8, 4) is 6.19 Å². The van der Waals surface area contributed by atoms with Crippen LogP contribution < -0.4 is 5.32 Å². The Kier molecular flexibility index (Phi) is 7.49. The first-order valence-corrected chi connectivity index (χ1v) is 11.3. The fourth-order valence-electron chi connectivity index (χ4n) is 4.98. The van der Waals surface area contributed by atoms with Crippen molar-refractivity contribution in [3.05, 3.63) is 35.4 Å². The molecule has 1 saturated heterocycles. The Balaban J connectivity index is 1.74.